The quantitative estimate of drug-likeness (QED) is 0.642. The molecule has 0 spiro atoms. The van der Waals surface area contributed by atoms with E-state index in [1.165, 1.54) is 16.4 Å². The van der Waals surface area contributed by atoms with E-state index in [9.17, 15) is 12.8 Å². The maximum Gasteiger partial charge on any atom is 0.242 e. The van der Waals surface area contributed by atoms with Crippen molar-refractivity contribution in [3.63, 3.8) is 0 Å². The second kappa shape index (κ2) is 7.96. The van der Waals surface area contributed by atoms with Crippen molar-refractivity contribution in [2.45, 2.75) is 24.2 Å². The summed E-state index contributed by atoms with van der Waals surface area (Å²) in [6, 6.07) is 13.1. The van der Waals surface area contributed by atoms with E-state index in [-0.39, 0.29) is 5.82 Å². The van der Waals surface area contributed by atoms with Gasteiger partial charge in [0.1, 0.15) is 11.6 Å². The van der Waals surface area contributed by atoms with E-state index in [1.807, 2.05) is 6.07 Å². The molecule has 0 saturated carbocycles. The summed E-state index contributed by atoms with van der Waals surface area (Å²) >= 11 is 0. The summed E-state index contributed by atoms with van der Waals surface area (Å²) in [5.74, 6) is 0.456. The fraction of sp³-hybridized carbons (Fsp3) is 0.286. The Balaban J connectivity index is 1.37. The Morgan fingerprint density at radius 1 is 1.21 bits per heavy atom. The zero-order valence-electron chi connectivity index (χ0n) is 16.1. The number of hydrogen-bond acceptors (Lipinski definition) is 4. The zero-order chi connectivity index (χ0) is 20.4. The topological polar surface area (TPSA) is 75.3 Å². The van der Waals surface area contributed by atoms with Crippen molar-refractivity contribution in [3.05, 3.63) is 65.6 Å². The fourth-order valence-electron chi connectivity index (χ4n) is 3.40. The highest BCUT2D eigenvalue weighted by atomic mass is 32.2. The van der Waals surface area contributed by atoms with E-state index < -0.39 is 10.0 Å². The summed E-state index contributed by atoms with van der Waals surface area (Å²) in [6.07, 6.45) is 2.00. The van der Waals surface area contributed by atoms with Gasteiger partial charge in [-0.05, 0) is 54.8 Å². The van der Waals surface area contributed by atoms with Gasteiger partial charge in [-0.25, -0.2) is 17.1 Å². The number of H-pyrrole nitrogens is 1. The van der Waals surface area contributed by atoms with Crippen LogP contribution in [0.2, 0.25) is 0 Å². The average Bonchev–Trinajstić information content (AvgIpc) is 3.36. The number of ether oxygens (including phenoxy) is 1. The molecule has 0 atom stereocenters. The van der Waals surface area contributed by atoms with E-state index >= 15 is 0 Å². The van der Waals surface area contributed by atoms with Gasteiger partial charge in [-0.1, -0.05) is 12.1 Å². The number of fused-ring (bicyclic) bond motifs is 1. The van der Waals surface area contributed by atoms with Gasteiger partial charge >= 0.3 is 0 Å². The summed E-state index contributed by atoms with van der Waals surface area (Å²) in [5, 5.41) is 7.16. The number of aromatic nitrogens is 2. The third-order valence-electron chi connectivity index (χ3n) is 5.04. The molecule has 29 heavy (non-hydrogen) atoms. The van der Waals surface area contributed by atoms with Gasteiger partial charge in [-0.2, -0.15) is 5.10 Å². The average molecular weight is 415 g/mol. The molecule has 8 heteroatoms. The number of nitrogens with zero attached hydrogens (tertiary/aromatic N) is 2. The van der Waals surface area contributed by atoms with Crippen molar-refractivity contribution >= 4 is 10.0 Å². The van der Waals surface area contributed by atoms with Crippen LogP contribution in [-0.4, -0.2) is 43.1 Å². The summed E-state index contributed by atoms with van der Waals surface area (Å²) in [5.41, 5.74) is 3.18. The summed E-state index contributed by atoms with van der Waals surface area (Å²) < 4.78 is 45.8. The molecule has 6 nitrogen and oxygen atoms in total. The molecular formula is C21H22FN3O3S. The molecule has 3 aromatic rings. The van der Waals surface area contributed by atoms with Gasteiger partial charge in [-0.3, -0.25) is 5.10 Å². The number of rotatable bonds is 7. The summed E-state index contributed by atoms with van der Waals surface area (Å²) in [4.78, 5) is 0.291. The number of halogens is 1. The molecule has 4 rings (SSSR count). The van der Waals surface area contributed by atoms with E-state index in [1.54, 1.807) is 37.4 Å². The number of nitrogens with one attached hydrogen (secondary N) is 1. The minimum atomic E-state index is -3.55. The molecule has 0 fully saturated rings. The second-order valence-corrected chi connectivity index (χ2v) is 9.13. The highest BCUT2D eigenvalue weighted by Gasteiger charge is 2.23. The lowest BCUT2D eigenvalue weighted by molar-refractivity contribution is 0.356. The Kier molecular flexibility index (Phi) is 5.38. The van der Waals surface area contributed by atoms with Crippen molar-refractivity contribution in [2.24, 2.45) is 0 Å². The molecule has 0 bridgehead atoms. The van der Waals surface area contributed by atoms with Crippen molar-refractivity contribution < 1.29 is 17.5 Å². The fourth-order valence-corrected chi connectivity index (χ4v) is 4.66. The molecule has 152 valence electrons. The monoisotopic (exact) mass is 415 g/mol. The van der Waals surface area contributed by atoms with Crippen LogP contribution in [-0.2, 0) is 22.9 Å². The number of benzene rings is 2. The molecule has 0 aliphatic carbocycles. The van der Waals surface area contributed by atoms with Gasteiger partial charge in [0.05, 0.1) is 17.2 Å². The minimum absolute atomic E-state index is 0.291. The van der Waals surface area contributed by atoms with E-state index in [4.69, 9.17) is 4.74 Å². The van der Waals surface area contributed by atoms with Crippen LogP contribution in [0, 0.1) is 5.82 Å². The van der Waals surface area contributed by atoms with Gasteiger partial charge in [0.25, 0.3) is 0 Å². The molecule has 1 aliphatic rings. The third kappa shape index (κ3) is 4.18. The van der Waals surface area contributed by atoms with Crippen molar-refractivity contribution in [1.29, 1.82) is 0 Å². The lowest BCUT2D eigenvalue weighted by Crippen LogP contribution is -2.28. The first-order valence-corrected chi connectivity index (χ1v) is 10.9. The number of aromatic amines is 1. The van der Waals surface area contributed by atoms with Gasteiger partial charge in [0.2, 0.25) is 10.0 Å². The van der Waals surface area contributed by atoms with Crippen LogP contribution in [0.4, 0.5) is 4.39 Å². The van der Waals surface area contributed by atoms with Crippen molar-refractivity contribution in [2.75, 3.05) is 20.2 Å². The highest BCUT2D eigenvalue weighted by molar-refractivity contribution is 7.89. The number of aryl methyl sites for hydroxylation is 1. The SMILES string of the molecule is CN(CCCc1cc(-c2cccc(F)c2)n[nH]1)S(=O)(=O)c1ccc2c(c1)CCO2. The first kappa shape index (κ1) is 19.6. The van der Waals surface area contributed by atoms with Crippen LogP contribution in [0.15, 0.2) is 53.4 Å². The molecular weight excluding hydrogens is 393 g/mol. The van der Waals surface area contributed by atoms with Crippen LogP contribution < -0.4 is 4.74 Å². The van der Waals surface area contributed by atoms with Crippen LogP contribution in [0.5, 0.6) is 5.75 Å². The molecule has 0 saturated heterocycles. The standard InChI is InChI=1S/C21H22FN3O3S/c1-25(29(26,27)19-7-8-21-16(13-19)9-11-28-21)10-3-6-18-14-20(24-23-18)15-4-2-5-17(22)12-15/h2,4-5,7-8,12-14H,3,6,9-11H2,1H3,(H,23,24). The van der Waals surface area contributed by atoms with E-state index in [2.05, 4.69) is 10.2 Å². The third-order valence-corrected chi connectivity index (χ3v) is 6.89. The van der Waals surface area contributed by atoms with Crippen LogP contribution in [0.3, 0.4) is 0 Å². The second-order valence-electron chi connectivity index (χ2n) is 7.09. The zero-order valence-corrected chi connectivity index (χ0v) is 16.9. The van der Waals surface area contributed by atoms with Crippen LogP contribution in [0.25, 0.3) is 11.3 Å². The van der Waals surface area contributed by atoms with Gasteiger partial charge in [0.15, 0.2) is 0 Å². The predicted molar refractivity (Wildman–Crippen MR) is 108 cm³/mol. The van der Waals surface area contributed by atoms with Crippen molar-refractivity contribution in [3.8, 4) is 17.0 Å². The Morgan fingerprint density at radius 2 is 2.07 bits per heavy atom. The lowest BCUT2D eigenvalue weighted by atomic mass is 10.1. The maximum absolute atomic E-state index is 13.4. The molecule has 2 aromatic carbocycles. The number of hydrogen-bond donors (Lipinski definition) is 1. The van der Waals surface area contributed by atoms with Gasteiger partial charge in [-0.15, -0.1) is 0 Å². The molecule has 1 aliphatic heterocycles. The Morgan fingerprint density at radius 3 is 2.90 bits per heavy atom. The molecule has 1 N–H and O–H groups in total. The van der Waals surface area contributed by atoms with Gasteiger partial charge < -0.3 is 4.74 Å². The Bertz CT molecular complexity index is 1130. The first-order chi connectivity index (χ1) is 13.9. The first-order valence-electron chi connectivity index (χ1n) is 9.46. The molecule has 1 aromatic heterocycles. The molecule has 0 amide bonds. The summed E-state index contributed by atoms with van der Waals surface area (Å²) in [7, 11) is -1.96. The minimum Gasteiger partial charge on any atom is -0.493 e. The van der Waals surface area contributed by atoms with Crippen molar-refractivity contribution in [1.82, 2.24) is 14.5 Å². The predicted octanol–water partition coefficient (Wildman–Crippen LogP) is 3.40. The van der Waals surface area contributed by atoms with E-state index in [0.717, 1.165) is 23.4 Å². The smallest absolute Gasteiger partial charge is 0.242 e. The normalized spacial score (nSPS) is 13.5. The highest BCUT2D eigenvalue weighted by Crippen LogP contribution is 2.28. The van der Waals surface area contributed by atoms with E-state index in [0.29, 0.717) is 42.1 Å². The Hall–Kier alpha value is -2.71. The lowest BCUT2D eigenvalue weighted by Gasteiger charge is -2.17. The maximum atomic E-state index is 13.4. The van der Waals surface area contributed by atoms with Crippen LogP contribution >= 0.6 is 0 Å². The van der Waals surface area contributed by atoms with Gasteiger partial charge in [0, 0.05) is 31.3 Å². The largest absolute Gasteiger partial charge is 0.493 e. The molecule has 0 radical (unpaired) electrons. The molecule has 0 unspecified atom stereocenters. The van der Waals surface area contributed by atoms with Crippen LogP contribution in [0.1, 0.15) is 17.7 Å². The Labute approximate surface area is 169 Å². The summed E-state index contributed by atoms with van der Waals surface area (Å²) in [6.45, 7) is 0.973. The number of sulfonamides is 1. The molecule has 2 heterocycles.